The summed E-state index contributed by atoms with van der Waals surface area (Å²) in [5.41, 5.74) is 1.13. The van der Waals surface area contributed by atoms with Crippen LogP contribution in [-0.2, 0) is 20.9 Å². The third kappa shape index (κ3) is 4.07. The van der Waals surface area contributed by atoms with Crippen LogP contribution in [0.2, 0.25) is 10.0 Å². The number of hydrogen-bond acceptors (Lipinski definition) is 5. The van der Waals surface area contributed by atoms with E-state index in [-0.39, 0.29) is 6.54 Å². The zero-order valence-electron chi connectivity index (χ0n) is 13.2. The Balaban J connectivity index is 1.60. The fourth-order valence-corrected chi connectivity index (χ4v) is 2.60. The molecule has 1 heterocycles. The maximum Gasteiger partial charge on any atom is 0.420 e. The maximum absolute atomic E-state index is 11.9. The van der Waals surface area contributed by atoms with Gasteiger partial charge in [-0.2, -0.15) is 0 Å². The van der Waals surface area contributed by atoms with Crippen LogP contribution in [0.25, 0.3) is 11.1 Å². The summed E-state index contributed by atoms with van der Waals surface area (Å²) in [6.45, 7) is -0.909. The largest absolute Gasteiger partial charge is 0.454 e. The summed E-state index contributed by atoms with van der Waals surface area (Å²) in [5, 5.41) is 3.18. The number of nitrogens with one attached hydrogen (secondary N) is 1. The molecule has 0 bridgehead atoms. The van der Waals surface area contributed by atoms with E-state index >= 15 is 0 Å². The predicted molar refractivity (Wildman–Crippen MR) is 96.5 cm³/mol. The second kappa shape index (κ2) is 7.63. The minimum Gasteiger partial charge on any atom is -0.454 e. The Morgan fingerprint density at radius 1 is 1.15 bits per heavy atom. The third-order valence-electron chi connectivity index (χ3n) is 3.43. The van der Waals surface area contributed by atoms with Crippen molar-refractivity contribution in [3.05, 3.63) is 63.1 Å². The molecule has 3 rings (SSSR count). The fraction of sp³-hybridized carbons (Fsp3) is 0.118. The number of para-hydroxylation sites is 2. The number of anilines is 1. The van der Waals surface area contributed by atoms with Crippen LogP contribution in [0, 0.1) is 0 Å². The van der Waals surface area contributed by atoms with Gasteiger partial charge in [-0.1, -0.05) is 35.3 Å². The third-order valence-corrected chi connectivity index (χ3v) is 3.99. The maximum atomic E-state index is 11.9. The normalized spacial score (nSPS) is 10.7. The van der Waals surface area contributed by atoms with Gasteiger partial charge in [0.15, 0.2) is 12.2 Å². The highest BCUT2D eigenvalue weighted by molar-refractivity contribution is 6.35. The van der Waals surface area contributed by atoms with Crippen molar-refractivity contribution < 1.29 is 18.7 Å². The molecule has 0 spiro atoms. The molecule has 0 saturated heterocycles. The molecule has 26 heavy (non-hydrogen) atoms. The quantitative estimate of drug-likeness (QED) is 0.671. The van der Waals surface area contributed by atoms with Gasteiger partial charge in [0.1, 0.15) is 6.54 Å². The van der Waals surface area contributed by atoms with Crippen LogP contribution in [0.4, 0.5) is 5.69 Å². The van der Waals surface area contributed by atoms with Gasteiger partial charge in [-0.25, -0.2) is 4.79 Å². The molecule has 0 fully saturated rings. The average molecular weight is 395 g/mol. The van der Waals surface area contributed by atoms with E-state index in [2.05, 4.69) is 5.32 Å². The number of esters is 1. The second-order valence-corrected chi connectivity index (χ2v) is 6.10. The van der Waals surface area contributed by atoms with Gasteiger partial charge < -0.3 is 14.5 Å². The number of carbonyl (C=O) groups excluding carboxylic acids is 2. The lowest BCUT2D eigenvalue weighted by molar-refractivity contribution is -0.147. The van der Waals surface area contributed by atoms with Gasteiger partial charge in [0, 0.05) is 5.02 Å². The molecular weight excluding hydrogens is 383 g/mol. The van der Waals surface area contributed by atoms with Crippen molar-refractivity contribution in [2.45, 2.75) is 6.54 Å². The van der Waals surface area contributed by atoms with Crippen molar-refractivity contribution in [1.82, 2.24) is 4.57 Å². The number of aromatic nitrogens is 1. The van der Waals surface area contributed by atoms with Crippen LogP contribution in [0.15, 0.2) is 51.7 Å². The van der Waals surface area contributed by atoms with Crippen molar-refractivity contribution in [1.29, 1.82) is 0 Å². The summed E-state index contributed by atoms with van der Waals surface area (Å²) in [5.74, 6) is -2.03. The van der Waals surface area contributed by atoms with E-state index in [0.29, 0.717) is 26.8 Å². The summed E-state index contributed by atoms with van der Waals surface area (Å²) in [6.07, 6.45) is 0. The number of carbonyl (C=O) groups is 2. The Morgan fingerprint density at radius 3 is 2.73 bits per heavy atom. The molecule has 0 saturated carbocycles. The Bertz CT molecular complexity index is 1040. The summed E-state index contributed by atoms with van der Waals surface area (Å²) >= 11 is 11.8. The van der Waals surface area contributed by atoms with E-state index in [0.717, 1.165) is 4.57 Å². The van der Waals surface area contributed by atoms with Gasteiger partial charge >= 0.3 is 11.7 Å². The lowest BCUT2D eigenvalue weighted by Gasteiger charge is -2.08. The Hall–Kier alpha value is -2.77. The van der Waals surface area contributed by atoms with Crippen molar-refractivity contribution in [3.63, 3.8) is 0 Å². The zero-order valence-corrected chi connectivity index (χ0v) is 14.7. The number of nitrogens with zero attached hydrogens (tertiary/aromatic N) is 1. The Morgan fingerprint density at radius 2 is 1.92 bits per heavy atom. The van der Waals surface area contributed by atoms with Crippen LogP contribution in [0.1, 0.15) is 0 Å². The molecule has 1 N–H and O–H groups in total. The van der Waals surface area contributed by atoms with Gasteiger partial charge in [-0.05, 0) is 30.3 Å². The number of ether oxygens (including phenoxy) is 1. The first-order chi connectivity index (χ1) is 12.4. The molecule has 1 amide bonds. The van der Waals surface area contributed by atoms with Crippen LogP contribution in [0.5, 0.6) is 0 Å². The molecule has 0 aliphatic rings. The monoisotopic (exact) mass is 394 g/mol. The molecule has 0 aliphatic heterocycles. The molecular formula is C17H12Cl2N2O5. The smallest absolute Gasteiger partial charge is 0.420 e. The minimum absolute atomic E-state index is 0.297. The highest BCUT2D eigenvalue weighted by Gasteiger charge is 2.15. The zero-order chi connectivity index (χ0) is 18.7. The SMILES string of the molecule is O=C(COC(=O)Cn1c(=O)oc2ccccc21)Nc1cc(Cl)ccc1Cl. The van der Waals surface area contributed by atoms with Crippen LogP contribution in [-0.4, -0.2) is 23.1 Å². The number of halogens is 2. The van der Waals surface area contributed by atoms with Gasteiger partial charge in [-0.3, -0.25) is 14.2 Å². The van der Waals surface area contributed by atoms with Gasteiger partial charge in [0.05, 0.1) is 16.2 Å². The molecule has 0 atom stereocenters. The lowest BCUT2D eigenvalue weighted by Crippen LogP contribution is -2.25. The van der Waals surface area contributed by atoms with Crippen molar-refractivity contribution in [2.75, 3.05) is 11.9 Å². The minimum atomic E-state index is -0.758. The molecule has 1 aromatic heterocycles. The molecule has 7 nitrogen and oxygen atoms in total. The fourth-order valence-electron chi connectivity index (χ4n) is 2.26. The van der Waals surface area contributed by atoms with E-state index in [1.165, 1.54) is 12.1 Å². The number of hydrogen-bond donors (Lipinski definition) is 1. The molecule has 0 aliphatic carbocycles. The highest BCUT2D eigenvalue weighted by atomic mass is 35.5. The molecule has 9 heteroatoms. The van der Waals surface area contributed by atoms with Crippen LogP contribution in [0.3, 0.4) is 0 Å². The first kappa shape index (κ1) is 18.0. The molecule has 134 valence electrons. The summed E-state index contributed by atoms with van der Waals surface area (Å²) < 4.78 is 11.0. The van der Waals surface area contributed by atoms with Gasteiger partial charge in [-0.15, -0.1) is 0 Å². The number of rotatable bonds is 5. The first-order valence-electron chi connectivity index (χ1n) is 7.43. The topological polar surface area (TPSA) is 90.5 Å². The number of oxazole rings is 1. The van der Waals surface area contributed by atoms with E-state index in [9.17, 15) is 14.4 Å². The van der Waals surface area contributed by atoms with Crippen molar-refractivity contribution in [2.24, 2.45) is 0 Å². The number of fused-ring (bicyclic) bond motifs is 1. The van der Waals surface area contributed by atoms with Crippen LogP contribution < -0.4 is 11.1 Å². The van der Waals surface area contributed by atoms with Crippen LogP contribution >= 0.6 is 23.2 Å². The van der Waals surface area contributed by atoms with Gasteiger partial charge in [0.2, 0.25) is 0 Å². The Labute approximate surface area is 157 Å². The van der Waals surface area contributed by atoms with Crippen molar-refractivity contribution in [3.8, 4) is 0 Å². The highest BCUT2D eigenvalue weighted by Crippen LogP contribution is 2.25. The standard InChI is InChI=1S/C17H12Cl2N2O5/c18-10-5-6-11(19)12(7-10)20-15(22)9-25-16(23)8-21-13-3-1-2-4-14(13)26-17(21)24/h1-7H,8-9H2,(H,20,22). The van der Waals surface area contributed by atoms with Gasteiger partial charge in [0.25, 0.3) is 5.91 Å². The molecule has 2 aromatic carbocycles. The number of benzene rings is 2. The number of amides is 1. The van der Waals surface area contributed by atoms with E-state index < -0.39 is 24.2 Å². The molecule has 0 radical (unpaired) electrons. The Kier molecular flexibility index (Phi) is 5.29. The van der Waals surface area contributed by atoms with Crippen molar-refractivity contribution >= 4 is 51.9 Å². The average Bonchev–Trinajstić information content (AvgIpc) is 2.92. The van der Waals surface area contributed by atoms with E-state index in [1.54, 1.807) is 30.3 Å². The first-order valence-corrected chi connectivity index (χ1v) is 8.18. The lowest BCUT2D eigenvalue weighted by atomic mass is 10.3. The summed E-state index contributed by atoms with van der Waals surface area (Å²) in [7, 11) is 0. The molecule has 3 aromatic rings. The summed E-state index contributed by atoms with van der Waals surface area (Å²) in [6, 6.07) is 11.2. The predicted octanol–water partition coefficient (Wildman–Crippen LogP) is 3.08. The van der Waals surface area contributed by atoms with E-state index in [1.807, 2.05) is 0 Å². The summed E-state index contributed by atoms with van der Waals surface area (Å²) in [4.78, 5) is 35.6. The second-order valence-electron chi connectivity index (χ2n) is 5.25. The van der Waals surface area contributed by atoms with E-state index in [4.69, 9.17) is 32.4 Å². The molecule has 0 unspecified atom stereocenters.